The van der Waals surface area contributed by atoms with Crippen molar-refractivity contribution in [2.45, 2.75) is 6.92 Å². The van der Waals surface area contributed by atoms with Gasteiger partial charge in [0.15, 0.2) is 0 Å². The fraction of sp³-hybridized carbons (Fsp3) is 0.0833. The van der Waals surface area contributed by atoms with E-state index in [0.717, 1.165) is 16.9 Å². The molecule has 1 aliphatic heterocycles. The van der Waals surface area contributed by atoms with Crippen LogP contribution in [0.3, 0.4) is 0 Å². The number of nitrogens with zero attached hydrogens (tertiary/aromatic N) is 3. The van der Waals surface area contributed by atoms with Gasteiger partial charge in [-0.15, -0.1) is 0 Å². The maximum atomic E-state index is 6.22. The second kappa shape index (κ2) is 5.05. The van der Waals surface area contributed by atoms with Gasteiger partial charge in [-0.1, -0.05) is 23.2 Å². The van der Waals surface area contributed by atoms with Gasteiger partial charge in [-0.3, -0.25) is 0 Å². The van der Waals surface area contributed by atoms with Crippen LogP contribution in [0, 0.1) is 6.92 Å². The first kappa shape index (κ1) is 13.4. The van der Waals surface area contributed by atoms with Gasteiger partial charge in [0, 0.05) is 0 Å². The van der Waals surface area contributed by atoms with Crippen LogP contribution in [0.25, 0.3) is 0 Å². The molecule has 0 saturated heterocycles. The van der Waals surface area contributed by atoms with Crippen LogP contribution in [0.4, 0.5) is 28.6 Å². The normalized spacial score (nSPS) is 12.2. The highest BCUT2D eigenvalue weighted by atomic mass is 35.5. The lowest BCUT2D eigenvalue weighted by Crippen LogP contribution is -1.98. The summed E-state index contributed by atoms with van der Waals surface area (Å²) in [5.41, 5.74) is 9.20. The average molecular weight is 326 g/mol. The van der Waals surface area contributed by atoms with E-state index in [1.165, 1.54) is 0 Å². The summed E-state index contributed by atoms with van der Waals surface area (Å²) < 4.78 is 8.38. The van der Waals surface area contributed by atoms with E-state index in [-0.39, 0.29) is 0 Å². The number of halogens is 2. The topological polar surface area (TPSA) is 75.7 Å². The van der Waals surface area contributed by atoms with Crippen LogP contribution in [0.2, 0.25) is 10.0 Å². The smallest absolute Gasteiger partial charge is 0.131 e. The number of nitrogens with two attached hydrogens (primary N) is 1. The quantitative estimate of drug-likeness (QED) is 0.713. The minimum Gasteiger partial charge on any atom is -0.397 e. The molecule has 0 bridgehead atoms. The van der Waals surface area contributed by atoms with Crippen LogP contribution < -0.4 is 11.1 Å². The van der Waals surface area contributed by atoms with Gasteiger partial charge in [-0.05, 0) is 24.6 Å². The molecule has 0 spiro atoms. The molecule has 1 aliphatic rings. The van der Waals surface area contributed by atoms with Crippen molar-refractivity contribution >= 4 is 63.1 Å². The van der Waals surface area contributed by atoms with Gasteiger partial charge in [0.05, 0.1) is 39.0 Å². The highest BCUT2D eigenvalue weighted by Gasteiger charge is 2.19. The number of aryl methyl sites for hydroxylation is 1. The maximum absolute atomic E-state index is 6.22. The molecule has 3 rings (SSSR count). The molecule has 2 heterocycles. The lowest BCUT2D eigenvalue weighted by molar-refractivity contribution is 1.28. The summed E-state index contributed by atoms with van der Waals surface area (Å²) in [6.07, 6.45) is 1.60. The molecule has 102 valence electrons. The highest BCUT2D eigenvalue weighted by molar-refractivity contribution is 7.58. The van der Waals surface area contributed by atoms with Crippen LogP contribution in [0.5, 0.6) is 0 Å². The molecule has 1 aromatic carbocycles. The van der Waals surface area contributed by atoms with E-state index in [0.29, 0.717) is 38.6 Å². The fourth-order valence-electron chi connectivity index (χ4n) is 1.76. The molecule has 0 radical (unpaired) electrons. The zero-order chi connectivity index (χ0) is 14.3. The fourth-order valence-corrected chi connectivity index (χ4v) is 2.92. The molecule has 0 saturated carbocycles. The molecule has 20 heavy (non-hydrogen) atoms. The summed E-state index contributed by atoms with van der Waals surface area (Å²) in [6, 6.07) is 3.48. The molecule has 3 N–H and O–H groups in total. The summed E-state index contributed by atoms with van der Waals surface area (Å²) >= 11 is 13.4. The third kappa shape index (κ3) is 2.26. The Morgan fingerprint density at radius 3 is 2.65 bits per heavy atom. The summed E-state index contributed by atoms with van der Waals surface area (Å²) in [4.78, 5) is 4.22. The SMILES string of the molecule is Cc1cc(Nc2c(Cl)cc(Cl)c3c2N=S=N3)ncc1N. The van der Waals surface area contributed by atoms with E-state index >= 15 is 0 Å². The standard InChI is InChI=1S/C12H9Cl2N5S/c1-5-2-9(16-4-8(5)15)17-10-6(13)3-7(14)11-12(10)19-20-18-11/h2-4H,15H2,1H3,(H,16,17). The first-order valence-corrected chi connectivity index (χ1v) is 7.14. The number of hydrogen-bond donors (Lipinski definition) is 2. The number of aromatic nitrogens is 1. The minimum atomic E-state index is 0.464. The number of nitrogens with one attached hydrogen (secondary N) is 1. The summed E-state index contributed by atoms with van der Waals surface area (Å²) in [5, 5.41) is 4.09. The Balaban J connectivity index is 2.06. The molecule has 2 aromatic rings. The van der Waals surface area contributed by atoms with E-state index in [2.05, 4.69) is 19.0 Å². The third-order valence-electron chi connectivity index (χ3n) is 2.85. The lowest BCUT2D eigenvalue weighted by Gasteiger charge is -2.12. The second-order valence-electron chi connectivity index (χ2n) is 4.23. The molecular formula is C12H9Cl2N5S. The van der Waals surface area contributed by atoms with Crippen molar-refractivity contribution in [1.29, 1.82) is 0 Å². The number of anilines is 3. The van der Waals surface area contributed by atoms with Gasteiger partial charge in [0.1, 0.15) is 17.2 Å². The number of pyridine rings is 1. The van der Waals surface area contributed by atoms with Crippen molar-refractivity contribution in [3.05, 3.63) is 33.9 Å². The van der Waals surface area contributed by atoms with Gasteiger partial charge >= 0.3 is 0 Å². The summed E-state index contributed by atoms with van der Waals surface area (Å²) in [6.45, 7) is 1.91. The van der Waals surface area contributed by atoms with Gasteiger partial charge < -0.3 is 11.1 Å². The predicted molar refractivity (Wildman–Crippen MR) is 84.7 cm³/mol. The Kier molecular flexibility index (Phi) is 3.37. The monoisotopic (exact) mass is 325 g/mol. The van der Waals surface area contributed by atoms with Crippen molar-refractivity contribution in [2.75, 3.05) is 11.1 Å². The Morgan fingerprint density at radius 1 is 1.15 bits per heavy atom. The Bertz CT molecular complexity index is 784. The largest absolute Gasteiger partial charge is 0.397 e. The first-order valence-electron chi connectivity index (χ1n) is 5.65. The van der Waals surface area contributed by atoms with E-state index in [9.17, 15) is 0 Å². The van der Waals surface area contributed by atoms with E-state index < -0.39 is 0 Å². The molecule has 0 atom stereocenters. The minimum absolute atomic E-state index is 0.464. The van der Waals surface area contributed by atoms with Crippen LogP contribution in [-0.4, -0.2) is 4.98 Å². The van der Waals surface area contributed by atoms with Crippen molar-refractivity contribution in [1.82, 2.24) is 4.98 Å². The van der Waals surface area contributed by atoms with E-state index in [4.69, 9.17) is 28.9 Å². The lowest BCUT2D eigenvalue weighted by atomic mass is 10.2. The van der Waals surface area contributed by atoms with Crippen molar-refractivity contribution in [3.63, 3.8) is 0 Å². The van der Waals surface area contributed by atoms with Crippen LogP contribution in [-0.2, 0) is 11.4 Å². The molecule has 0 aliphatic carbocycles. The Morgan fingerprint density at radius 2 is 1.90 bits per heavy atom. The molecule has 5 nitrogen and oxygen atoms in total. The zero-order valence-electron chi connectivity index (χ0n) is 10.3. The maximum Gasteiger partial charge on any atom is 0.131 e. The number of nitrogen functional groups attached to an aromatic ring is 1. The molecule has 0 unspecified atom stereocenters. The molecule has 1 aromatic heterocycles. The van der Waals surface area contributed by atoms with Gasteiger partial charge in [0.25, 0.3) is 0 Å². The third-order valence-corrected chi connectivity index (χ3v) is 3.96. The highest BCUT2D eigenvalue weighted by Crippen LogP contribution is 2.48. The van der Waals surface area contributed by atoms with Crippen molar-refractivity contribution in [2.24, 2.45) is 8.73 Å². The number of benzene rings is 1. The van der Waals surface area contributed by atoms with Gasteiger partial charge in [-0.2, -0.15) is 8.73 Å². The average Bonchev–Trinajstić information content (AvgIpc) is 2.88. The van der Waals surface area contributed by atoms with E-state index in [1.807, 2.05) is 13.0 Å². The van der Waals surface area contributed by atoms with Crippen LogP contribution in [0.15, 0.2) is 27.1 Å². The number of rotatable bonds is 2. The first-order chi connectivity index (χ1) is 9.56. The number of hydrogen-bond acceptors (Lipinski definition) is 5. The molecule has 0 fully saturated rings. The van der Waals surface area contributed by atoms with Gasteiger partial charge in [-0.25, -0.2) is 4.98 Å². The van der Waals surface area contributed by atoms with Crippen LogP contribution in [0.1, 0.15) is 5.56 Å². The summed E-state index contributed by atoms with van der Waals surface area (Å²) in [7, 11) is 0. The van der Waals surface area contributed by atoms with Gasteiger partial charge in [0.2, 0.25) is 0 Å². The molecule has 8 heteroatoms. The van der Waals surface area contributed by atoms with Crippen molar-refractivity contribution < 1.29 is 0 Å². The van der Waals surface area contributed by atoms with Crippen LogP contribution >= 0.6 is 23.2 Å². The molecule has 0 amide bonds. The second-order valence-corrected chi connectivity index (χ2v) is 5.57. The summed E-state index contributed by atoms with van der Waals surface area (Å²) in [5.74, 6) is 0.634. The zero-order valence-corrected chi connectivity index (χ0v) is 12.6. The van der Waals surface area contributed by atoms with E-state index in [1.54, 1.807) is 12.3 Å². The Labute approximate surface area is 129 Å². The Hall–Kier alpha value is -1.63. The molecular weight excluding hydrogens is 317 g/mol. The number of fused-ring (bicyclic) bond motifs is 1. The predicted octanol–water partition coefficient (Wildman–Crippen LogP) is 4.75. The van der Waals surface area contributed by atoms with Crippen molar-refractivity contribution in [3.8, 4) is 0 Å².